The molecule has 2 aromatic rings. The highest BCUT2D eigenvalue weighted by Crippen LogP contribution is 2.30. The molecule has 20 heavy (non-hydrogen) atoms. The van der Waals surface area contributed by atoms with E-state index in [9.17, 15) is 8.78 Å². The van der Waals surface area contributed by atoms with Gasteiger partial charge in [0.15, 0.2) is 17.4 Å². The Hall–Kier alpha value is -2.15. The van der Waals surface area contributed by atoms with Crippen molar-refractivity contribution in [1.29, 1.82) is 0 Å². The largest absolute Gasteiger partial charge is 0.453 e. The molecule has 2 aromatic carbocycles. The van der Waals surface area contributed by atoms with Gasteiger partial charge < -0.3 is 15.7 Å². The van der Waals surface area contributed by atoms with Gasteiger partial charge in [-0.15, -0.1) is 0 Å². The molecule has 3 N–H and O–H groups in total. The summed E-state index contributed by atoms with van der Waals surface area (Å²) in [6, 6.07) is 7.96. The summed E-state index contributed by atoms with van der Waals surface area (Å²) in [7, 11) is 0. The summed E-state index contributed by atoms with van der Waals surface area (Å²) >= 11 is 3.18. The lowest BCUT2D eigenvalue weighted by Gasteiger charge is -2.11. The van der Waals surface area contributed by atoms with Crippen molar-refractivity contribution in [2.24, 2.45) is 10.9 Å². The first-order valence-electron chi connectivity index (χ1n) is 5.42. The van der Waals surface area contributed by atoms with Crippen molar-refractivity contribution in [2.45, 2.75) is 0 Å². The molecule has 0 atom stereocenters. The lowest BCUT2D eigenvalue weighted by molar-refractivity contribution is 0.318. The minimum absolute atomic E-state index is 0.0581. The molecule has 0 aliphatic carbocycles. The van der Waals surface area contributed by atoms with Gasteiger partial charge in [-0.3, -0.25) is 0 Å². The fourth-order valence-electron chi connectivity index (χ4n) is 1.56. The van der Waals surface area contributed by atoms with Crippen molar-refractivity contribution in [2.75, 3.05) is 0 Å². The minimum atomic E-state index is -0.742. The second-order valence-corrected chi connectivity index (χ2v) is 4.69. The highest BCUT2D eigenvalue weighted by atomic mass is 79.9. The lowest BCUT2D eigenvalue weighted by Crippen LogP contribution is -2.16. The van der Waals surface area contributed by atoms with E-state index in [2.05, 4.69) is 21.1 Å². The Morgan fingerprint density at radius 3 is 2.60 bits per heavy atom. The predicted molar refractivity (Wildman–Crippen MR) is 73.1 cm³/mol. The number of oxime groups is 1. The maximum Gasteiger partial charge on any atom is 0.176 e. The molecule has 0 fully saturated rings. The number of ether oxygens (including phenoxy) is 1. The Bertz CT molecular complexity index is 677. The van der Waals surface area contributed by atoms with E-state index in [1.165, 1.54) is 30.3 Å². The van der Waals surface area contributed by atoms with Crippen molar-refractivity contribution in [1.82, 2.24) is 0 Å². The number of rotatable bonds is 3. The van der Waals surface area contributed by atoms with Crippen LogP contribution in [-0.4, -0.2) is 11.0 Å². The molecule has 0 aromatic heterocycles. The average molecular weight is 343 g/mol. The maximum absolute atomic E-state index is 13.7. The van der Waals surface area contributed by atoms with Crippen LogP contribution < -0.4 is 10.5 Å². The SMILES string of the molecule is N/C(=N/O)c1c(F)cccc1Oc1cc(Br)ccc1F. The Labute approximate surface area is 121 Å². The van der Waals surface area contributed by atoms with Crippen molar-refractivity contribution in [3.63, 3.8) is 0 Å². The average Bonchev–Trinajstić information content (AvgIpc) is 2.42. The van der Waals surface area contributed by atoms with Gasteiger partial charge in [0.25, 0.3) is 0 Å². The molecule has 0 spiro atoms. The van der Waals surface area contributed by atoms with E-state index < -0.39 is 17.5 Å². The summed E-state index contributed by atoms with van der Waals surface area (Å²) in [4.78, 5) is 0. The van der Waals surface area contributed by atoms with E-state index in [0.29, 0.717) is 4.47 Å². The molecule has 104 valence electrons. The summed E-state index contributed by atoms with van der Waals surface area (Å²) in [5.74, 6) is -2.00. The zero-order chi connectivity index (χ0) is 14.7. The summed E-state index contributed by atoms with van der Waals surface area (Å²) in [5, 5.41) is 11.4. The maximum atomic E-state index is 13.7. The van der Waals surface area contributed by atoms with E-state index in [-0.39, 0.29) is 17.1 Å². The van der Waals surface area contributed by atoms with Crippen LogP contribution in [0.25, 0.3) is 0 Å². The van der Waals surface area contributed by atoms with E-state index in [0.717, 1.165) is 6.07 Å². The highest BCUT2D eigenvalue weighted by molar-refractivity contribution is 9.10. The molecular formula is C13H9BrF2N2O2. The normalized spacial score (nSPS) is 11.4. The fourth-order valence-corrected chi connectivity index (χ4v) is 1.90. The molecule has 0 bridgehead atoms. The molecule has 0 aliphatic rings. The third-order valence-electron chi connectivity index (χ3n) is 2.45. The van der Waals surface area contributed by atoms with Crippen LogP contribution in [0.5, 0.6) is 11.5 Å². The van der Waals surface area contributed by atoms with Gasteiger partial charge in [-0.25, -0.2) is 8.78 Å². The Kier molecular flexibility index (Phi) is 4.19. The smallest absolute Gasteiger partial charge is 0.176 e. The molecule has 2 rings (SSSR count). The number of hydrogen-bond acceptors (Lipinski definition) is 3. The fraction of sp³-hybridized carbons (Fsp3) is 0. The zero-order valence-corrected chi connectivity index (χ0v) is 11.6. The number of hydrogen-bond donors (Lipinski definition) is 2. The third-order valence-corrected chi connectivity index (χ3v) is 2.95. The quantitative estimate of drug-likeness (QED) is 0.387. The zero-order valence-electron chi connectivity index (χ0n) is 9.98. The van der Waals surface area contributed by atoms with Gasteiger partial charge in [-0.1, -0.05) is 27.2 Å². The van der Waals surface area contributed by atoms with E-state index in [1.54, 1.807) is 0 Å². The van der Waals surface area contributed by atoms with Gasteiger partial charge in [0, 0.05) is 4.47 Å². The molecule has 0 saturated heterocycles. The molecule has 0 heterocycles. The molecule has 0 unspecified atom stereocenters. The first kappa shape index (κ1) is 14.3. The van der Waals surface area contributed by atoms with Crippen LogP contribution in [0.2, 0.25) is 0 Å². The first-order chi connectivity index (χ1) is 9.52. The summed E-state index contributed by atoms with van der Waals surface area (Å²) in [6.45, 7) is 0. The number of amidine groups is 1. The van der Waals surface area contributed by atoms with E-state index in [1.807, 2.05) is 0 Å². The molecule has 0 aliphatic heterocycles. The van der Waals surface area contributed by atoms with E-state index in [4.69, 9.17) is 15.7 Å². The van der Waals surface area contributed by atoms with Crippen molar-refractivity contribution >= 4 is 21.8 Å². The molecule has 7 heteroatoms. The van der Waals surface area contributed by atoms with Crippen LogP contribution in [0.1, 0.15) is 5.56 Å². The third kappa shape index (κ3) is 2.88. The second-order valence-electron chi connectivity index (χ2n) is 3.78. The van der Waals surface area contributed by atoms with Crippen LogP contribution in [0.3, 0.4) is 0 Å². The topological polar surface area (TPSA) is 67.8 Å². The summed E-state index contributed by atoms with van der Waals surface area (Å²) < 4.78 is 33.2. The van der Waals surface area contributed by atoms with Gasteiger partial charge >= 0.3 is 0 Å². The predicted octanol–water partition coefficient (Wildman–Crippen LogP) is 3.61. The van der Waals surface area contributed by atoms with Gasteiger partial charge in [-0.05, 0) is 30.3 Å². The van der Waals surface area contributed by atoms with Gasteiger partial charge in [0.2, 0.25) is 0 Å². The number of benzene rings is 2. The lowest BCUT2D eigenvalue weighted by atomic mass is 10.1. The van der Waals surface area contributed by atoms with Crippen molar-refractivity contribution < 1.29 is 18.7 Å². The molecule has 4 nitrogen and oxygen atoms in total. The highest BCUT2D eigenvalue weighted by Gasteiger charge is 2.16. The number of halogens is 3. The Balaban J connectivity index is 2.49. The van der Waals surface area contributed by atoms with Crippen LogP contribution in [-0.2, 0) is 0 Å². The van der Waals surface area contributed by atoms with Gasteiger partial charge in [-0.2, -0.15) is 0 Å². The standard InChI is InChI=1S/C13H9BrF2N2O2/c14-7-4-5-8(15)11(6-7)20-10-3-1-2-9(16)12(10)13(17)18-19/h1-6,19H,(H2,17,18). The molecule has 0 amide bonds. The Morgan fingerprint density at radius 2 is 1.90 bits per heavy atom. The van der Waals surface area contributed by atoms with Gasteiger partial charge in [0.05, 0.1) is 5.56 Å². The number of nitrogens with two attached hydrogens (primary N) is 1. The van der Waals surface area contributed by atoms with Gasteiger partial charge in [0.1, 0.15) is 11.6 Å². The van der Waals surface area contributed by atoms with Crippen LogP contribution in [0.15, 0.2) is 46.0 Å². The molecule has 0 radical (unpaired) electrons. The monoisotopic (exact) mass is 342 g/mol. The summed E-state index contributed by atoms with van der Waals surface area (Å²) in [6.07, 6.45) is 0. The summed E-state index contributed by atoms with van der Waals surface area (Å²) in [5.41, 5.74) is 5.15. The number of nitrogens with zero attached hydrogens (tertiary/aromatic N) is 1. The molecular weight excluding hydrogens is 334 g/mol. The van der Waals surface area contributed by atoms with Crippen LogP contribution in [0.4, 0.5) is 8.78 Å². The minimum Gasteiger partial charge on any atom is -0.453 e. The van der Waals surface area contributed by atoms with Crippen LogP contribution in [0, 0.1) is 11.6 Å². The van der Waals surface area contributed by atoms with Crippen LogP contribution >= 0.6 is 15.9 Å². The van der Waals surface area contributed by atoms with Crippen molar-refractivity contribution in [3.8, 4) is 11.5 Å². The second kappa shape index (κ2) is 5.87. The van der Waals surface area contributed by atoms with E-state index >= 15 is 0 Å². The Morgan fingerprint density at radius 1 is 1.15 bits per heavy atom. The van der Waals surface area contributed by atoms with Crippen molar-refractivity contribution in [3.05, 3.63) is 58.1 Å². The molecule has 0 saturated carbocycles. The first-order valence-corrected chi connectivity index (χ1v) is 6.21.